The van der Waals surface area contributed by atoms with E-state index in [-0.39, 0.29) is 5.91 Å². The Balaban J connectivity index is 2.17. The maximum Gasteiger partial charge on any atom is 0.272 e. The van der Waals surface area contributed by atoms with Crippen LogP contribution in [0.5, 0.6) is 0 Å². The van der Waals surface area contributed by atoms with E-state index in [1.807, 2.05) is 35.7 Å². The number of unbranched alkanes of at least 4 members (excludes halogenated alkanes) is 2. The van der Waals surface area contributed by atoms with Gasteiger partial charge in [-0.25, -0.2) is 4.98 Å². The topological polar surface area (TPSA) is 46.4 Å². The van der Waals surface area contributed by atoms with Gasteiger partial charge in [-0.2, -0.15) is 0 Å². The number of carbonyl (C=O) groups excluding carboxylic acids is 1. The molecule has 2 rings (SSSR count). The number of rotatable bonds is 6. The van der Waals surface area contributed by atoms with Crippen LogP contribution in [0.1, 0.15) is 49.4 Å². The molecule has 2 heterocycles. The number of pyridine rings is 1. The lowest BCUT2D eigenvalue weighted by atomic mass is 10.2. The highest BCUT2D eigenvalue weighted by molar-refractivity contribution is 5.99. The minimum atomic E-state index is -0.0699. The van der Waals surface area contributed by atoms with Crippen molar-refractivity contribution in [1.29, 1.82) is 0 Å². The molecule has 0 aliphatic carbocycles. The molecule has 1 N–H and O–H groups in total. The number of fused-ring (bicyclic) bond motifs is 1. The van der Waals surface area contributed by atoms with Gasteiger partial charge in [-0.1, -0.05) is 32.8 Å². The quantitative estimate of drug-likeness (QED) is 0.811. The van der Waals surface area contributed by atoms with Gasteiger partial charge < -0.3 is 9.72 Å². The van der Waals surface area contributed by atoms with Gasteiger partial charge in [-0.3, -0.25) is 4.79 Å². The van der Waals surface area contributed by atoms with Crippen LogP contribution in [0.4, 0.5) is 0 Å². The van der Waals surface area contributed by atoms with E-state index in [2.05, 4.69) is 17.2 Å². The Labute approximate surface area is 113 Å². The van der Waals surface area contributed by atoms with E-state index in [1.54, 1.807) is 0 Å². The Morgan fingerprint density at radius 3 is 2.89 bits per heavy atom. The second-order valence-electron chi connectivity index (χ2n) is 4.65. The first-order valence-corrected chi connectivity index (χ1v) is 7.02. The lowest BCUT2D eigenvalue weighted by Crippen LogP contribution is -2.25. The molecule has 0 aliphatic heterocycles. The Hall–Kier alpha value is -1.84. The van der Waals surface area contributed by atoms with Gasteiger partial charge in [-0.15, -0.1) is 0 Å². The third-order valence-electron chi connectivity index (χ3n) is 3.22. The molecule has 0 radical (unpaired) electrons. The zero-order chi connectivity index (χ0) is 13.7. The Bertz CT molecular complexity index is 560. The van der Waals surface area contributed by atoms with Crippen molar-refractivity contribution in [2.45, 2.75) is 39.5 Å². The molecule has 0 bridgehead atoms. The van der Waals surface area contributed by atoms with Crippen molar-refractivity contribution in [1.82, 2.24) is 14.7 Å². The molecule has 2 aromatic rings. The first-order valence-electron chi connectivity index (χ1n) is 7.02. The molecule has 102 valence electrons. The van der Waals surface area contributed by atoms with Crippen LogP contribution in [-0.4, -0.2) is 21.8 Å². The standard InChI is InChI=1S/C15H21N3O/c1-3-5-7-10-16-15(19)14-12-9-6-8-11-18(12)13(4-2)17-14/h6,8-9,11H,3-5,7,10H2,1-2H3,(H,16,19). The molecule has 19 heavy (non-hydrogen) atoms. The maximum absolute atomic E-state index is 12.2. The van der Waals surface area contributed by atoms with Gasteiger partial charge in [0.2, 0.25) is 0 Å². The summed E-state index contributed by atoms with van der Waals surface area (Å²) < 4.78 is 1.99. The molecular weight excluding hydrogens is 238 g/mol. The van der Waals surface area contributed by atoms with Gasteiger partial charge in [0, 0.05) is 19.2 Å². The molecule has 4 nitrogen and oxygen atoms in total. The molecule has 2 aromatic heterocycles. The molecule has 0 saturated carbocycles. The van der Waals surface area contributed by atoms with Crippen LogP contribution in [0.25, 0.3) is 5.52 Å². The average molecular weight is 259 g/mol. The summed E-state index contributed by atoms with van der Waals surface area (Å²) >= 11 is 0. The highest BCUT2D eigenvalue weighted by Gasteiger charge is 2.15. The smallest absolute Gasteiger partial charge is 0.272 e. The fraction of sp³-hybridized carbons (Fsp3) is 0.467. The lowest BCUT2D eigenvalue weighted by molar-refractivity contribution is 0.0950. The summed E-state index contributed by atoms with van der Waals surface area (Å²) in [6, 6.07) is 5.83. The Kier molecular flexibility index (Phi) is 4.55. The zero-order valence-corrected chi connectivity index (χ0v) is 11.6. The molecule has 1 amide bonds. The molecule has 0 spiro atoms. The molecule has 0 aromatic carbocycles. The summed E-state index contributed by atoms with van der Waals surface area (Å²) in [5, 5.41) is 2.95. The number of aryl methyl sites for hydroxylation is 1. The summed E-state index contributed by atoms with van der Waals surface area (Å²) in [5.41, 5.74) is 1.42. The third-order valence-corrected chi connectivity index (χ3v) is 3.22. The molecule has 0 saturated heterocycles. The van der Waals surface area contributed by atoms with Gasteiger partial charge in [0.1, 0.15) is 5.82 Å². The monoisotopic (exact) mass is 259 g/mol. The van der Waals surface area contributed by atoms with E-state index in [0.717, 1.165) is 43.6 Å². The van der Waals surface area contributed by atoms with Crippen LogP contribution >= 0.6 is 0 Å². The SMILES string of the molecule is CCCCCNC(=O)c1nc(CC)n2ccccc12. The van der Waals surface area contributed by atoms with Crippen molar-refractivity contribution in [3.8, 4) is 0 Å². The third kappa shape index (κ3) is 2.95. The largest absolute Gasteiger partial charge is 0.351 e. The number of aromatic nitrogens is 2. The molecule has 0 unspecified atom stereocenters. The average Bonchev–Trinajstić information content (AvgIpc) is 2.82. The predicted octanol–water partition coefficient (Wildman–Crippen LogP) is 2.82. The summed E-state index contributed by atoms with van der Waals surface area (Å²) in [7, 11) is 0. The van der Waals surface area contributed by atoms with Gasteiger partial charge in [0.25, 0.3) is 5.91 Å². The van der Waals surface area contributed by atoms with Crippen LogP contribution in [0.2, 0.25) is 0 Å². The van der Waals surface area contributed by atoms with Crippen LogP contribution in [0.3, 0.4) is 0 Å². The first-order chi connectivity index (χ1) is 9.27. The van der Waals surface area contributed by atoms with Crippen molar-refractivity contribution in [3.63, 3.8) is 0 Å². The summed E-state index contributed by atoms with van der Waals surface area (Å²) in [4.78, 5) is 16.6. The van der Waals surface area contributed by atoms with Crippen LogP contribution < -0.4 is 5.32 Å². The molecule has 0 aliphatic rings. The summed E-state index contributed by atoms with van der Waals surface area (Å²) in [6.45, 7) is 4.92. The number of hydrogen-bond donors (Lipinski definition) is 1. The number of carbonyl (C=O) groups is 1. The minimum absolute atomic E-state index is 0.0699. The zero-order valence-electron chi connectivity index (χ0n) is 11.6. The van der Waals surface area contributed by atoms with Crippen LogP contribution in [-0.2, 0) is 6.42 Å². The second kappa shape index (κ2) is 6.36. The fourth-order valence-electron chi connectivity index (χ4n) is 2.18. The van der Waals surface area contributed by atoms with Gasteiger partial charge in [0.15, 0.2) is 5.69 Å². The lowest BCUT2D eigenvalue weighted by Gasteiger charge is -2.02. The number of nitrogens with zero attached hydrogens (tertiary/aromatic N) is 2. The number of nitrogens with one attached hydrogen (secondary N) is 1. The fourth-order valence-corrected chi connectivity index (χ4v) is 2.18. The van der Waals surface area contributed by atoms with Gasteiger partial charge >= 0.3 is 0 Å². The maximum atomic E-state index is 12.2. The van der Waals surface area contributed by atoms with Crippen molar-refractivity contribution >= 4 is 11.4 Å². The van der Waals surface area contributed by atoms with Crippen molar-refractivity contribution in [3.05, 3.63) is 35.9 Å². The van der Waals surface area contributed by atoms with Gasteiger partial charge in [0.05, 0.1) is 5.52 Å². The summed E-state index contributed by atoms with van der Waals surface area (Å²) in [5.74, 6) is 0.855. The molecule has 0 fully saturated rings. The van der Waals surface area contributed by atoms with Crippen LogP contribution in [0, 0.1) is 0 Å². The molecule has 4 heteroatoms. The minimum Gasteiger partial charge on any atom is -0.351 e. The van der Waals surface area contributed by atoms with Crippen molar-refractivity contribution < 1.29 is 4.79 Å². The normalized spacial score (nSPS) is 10.8. The van der Waals surface area contributed by atoms with Crippen molar-refractivity contribution in [2.24, 2.45) is 0 Å². The molecule has 0 atom stereocenters. The Morgan fingerprint density at radius 2 is 2.16 bits per heavy atom. The van der Waals surface area contributed by atoms with E-state index < -0.39 is 0 Å². The van der Waals surface area contributed by atoms with Crippen LogP contribution in [0.15, 0.2) is 24.4 Å². The Morgan fingerprint density at radius 1 is 1.32 bits per heavy atom. The van der Waals surface area contributed by atoms with E-state index in [0.29, 0.717) is 5.69 Å². The summed E-state index contributed by atoms with van der Waals surface area (Å²) in [6.07, 6.45) is 6.09. The first kappa shape index (κ1) is 13.6. The van der Waals surface area contributed by atoms with Crippen molar-refractivity contribution in [2.75, 3.05) is 6.54 Å². The number of hydrogen-bond acceptors (Lipinski definition) is 2. The molecular formula is C15H21N3O. The van der Waals surface area contributed by atoms with E-state index >= 15 is 0 Å². The van der Waals surface area contributed by atoms with E-state index in [4.69, 9.17) is 0 Å². The predicted molar refractivity (Wildman–Crippen MR) is 76.4 cm³/mol. The van der Waals surface area contributed by atoms with Gasteiger partial charge in [-0.05, 0) is 18.6 Å². The van der Waals surface area contributed by atoms with E-state index in [1.165, 1.54) is 0 Å². The highest BCUT2D eigenvalue weighted by atomic mass is 16.1. The van der Waals surface area contributed by atoms with E-state index in [9.17, 15) is 4.79 Å². The highest BCUT2D eigenvalue weighted by Crippen LogP contribution is 2.13. The number of imidazole rings is 1. The second-order valence-corrected chi connectivity index (χ2v) is 4.65. The number of amides is 1.